The van der Waals surface area contributed by atoms with Gasteiger partial charge in [0.05, 0.1) is 26.1 Å². The van der Waals surface area contributed by atoms with Gasteiger partial charge in [-0.05, 0) is 23.6 Å². The van der Waals surface area contributed by atoms with Crippen LogP contribution in [-0.2, 0) is 0 Å². The second kappa shape index (κ2) is 5.12. The van der Waals surface area contributed by atoms with Crippen LogP contribution in [0.2, 0.25) is 0 Å². The van der Waals surface area contributed by atoms with Gasteiger partial charge in [-0.2, -0.15) is 0 Å². The summed E-state index contributed by atoms with van der Waals surface area (Å²) in [4.78, 5) is 7.23. The Labute approximate surface area is 107 Å². The zero-order valence-corrected chi connectivity index (χ0v) is 11.2. The summed E-state index contributed by atoms with van der Waals surface area (Å²) >= 11 is 0. The number of imidazole rings is 1. The van der Waals surface area contributed by atoms with E-state index in [1.807, 2.05) is 6.07 Å². The molecule has 0 saturated carbocycles. The summed E-state index contributed by atoms with van der Waals surface area (Å²) in [5.74, 6) is 1.30. The van der Waals surface area contributed by atoms with E-state index in [-0.39, 0.29) is 0 Å². The van der Waals surface area contributed by atoms with Crippen LogP contribution in [0.1, 0.15) is 25.3 Å². The number of hydrogen-bond acceptors (Lipinski definition) is 3. The lowest BCUT2D eigenvalue weighted by Crippen LogP contribution is -1.93. The van der Waals surface area contributed by atoms with E-state index < -0.39 is 0 Å². The Morgan fingerprint density at radius 1 is 1.17 bits per heavy atom. The number of ether oxygens (including phenoxy) is 2. The highest BCUT2D eigenvalue weighted by Crippen LogP contribution is 2.32. The van der Waals surface area contributed by atoms with Crippen LogP contribution in [0.4, 0.5) is 0 Å². The van der Waals surface area contributed by atoms with E-state index in [4.69, 9.17) is 9.47 Å². The fraction of sp³-hybridized carbons (Fsp3) is 0.357. The van der Waals surface area contributed by atoms with E-state index in [2.05, 4.69) is 35.9 Å². The van der Waals surface area contributed by atoms with Gasteiger partial charge in [0.15, 0.2) is 0 Å². The van der Waals surface area contributed by atoms with Crippen LogP contribution in [0.3, 0.4) is 0 Å². The van der Waals surface area contributed by atoms with Gasteiger partial charge in [0, 0.05) is 5.56 Å². The molecule has 0 unspecified atom stereocenters. The summed E-state index contributed by atoms with van der Waals surface area (Å²) in [5.41, 5.74) is 3.16. The minimum Gasteiger partial charge on any atom is -0.496 e. The lowest BCUT2D eigenvalue weighted by molar-refractivity contribution is 0.384. The van der Waals surface area contributed by atoms with Crippen LogP contribution >= 0.6 is 0 Å². The number of nitrogens with one attached hydrogen (secondary N) is 1. The van der Waals surface area contributed by atoms with Gasteiger partial charge in [-0.3, -0.25) is 0 Å². The molecule has 0 aliphatic rings. The molecule has 1 aromatic carbocycles. The summed E-state index contributed by atoms with van der Waals surface area (Å²) in [7, 11) is 3.26. The van der Waals surface area contributed by atoms with E-state index in [0.29, 0.717) is 11.9 Å². The van der Waals surface area contributed by atoms with Gasteiger partial charge in [0.2, 0.25) is 0 Å². The normalized spacial score (nSPS) is 10.7. The van der Waals surface area contributed by atoms with Crippen molar-refractivity contribution in [1.29, 1.82) is 0 Å². The number of hydrogen-bond donors (Lipinski definition) is 1. The van der Waals surface area contributed by atoms with E-state index in [0.717, 1.165) is 17.0 Å². The van der Waals surface area contributed by atoms with Crippen LogP contribution in [-0.4, -0.2) is 24.2 Å². The third-order valence-corrected chi connectivity index (χ3v) is 2.93. The molecule has 18 heavy (non-hydrogen) atoms. The predicted molar refractivity (Wildman–Crippen MR) is 71.2 cm³/mol. The molecule has 0 fully saturated rings. The number of aromatic nitrogens is 2. The highest BCUT2D eigenvalue weighted by molar-refractivity contribution is 5.68. The average molecular weight is 246 g/mol. The van der Waals surface area contributed by atoms with Crippen LogP contribution in [0, 0.1) is 0 Å². The first kappa shape index (κ1) is 12.5. The van der Waals surface area contributed by atoms with E-state index in [9.17, 15) is 0 Å². The van der Waals surface area contributed by atoms with Gasteiger partial charge in [-0.15, -0.1) is 0 Å². The molecule has 1 heterocycles. The average Bonchev–Trinajstić information content (AvgIpc) is 2.86. The molecule has 1 N–H and O–H groups in total. The van der Waals surface area contributed by atoms with Crippen LogP contribution in [0.15, 0.2) is 24.4 Å². The lowest BCUT2D eigenvalue weighted by Gasteiger charge is -2.11. The van der Waals surface area contributed by atoms with E-state index in [1.54, 1.807) is 20.4 Å². The highest BCUT2D eigenvalue weighted by Gasteiger charge is 2.11. The van der Waals surface area contributed by atoms with Crippen molar-refractivity contribution in [3.8, 4) is 23.0 Å². The molecule has 2 rings (SSSR count). The molecule has 0 aliphatic heterocycles. The third kappa shape index (κ3) is 2.32. The topological polar surface area (TPSA) is 47.1 Å². The molecule has 0 spiro atoms. The van der Waals surface area contributed by atoms with Gasteiger partial charge in [0.1, 0.15) is 5.75 Å². The lowest BCUT2D eigenvalue weighted by atomic mass is 9.99. The maximum Gasteiger partial charge on any atom is 0.293 e. The molecule has 0 amide bonds. The molecule has 0 atom stereocenters. The Bertz CT molecular complexity index is 532. The van der Waals surface area contributed by atoms with Crippen molar-refractivity contribution >= 4 is 0 Å². The Morgan fingerprint density at radius 3 is 2.50 bits per heavy atom. The summed E-state index contributed by atoms with van der Waals surface area (Å²) in [5, 5.41) is 0. The number of H-pyrrole nitrogens is 1. The third-order valence-electron chi connectivity index (χ3n) is 2.93. The molecular formula is C14H18N2O2. The first-order valence-electron chi connectivity index (χ1n) is 5.93. The molecular weight excluding hydrogens is 228 g/mol. The fourth-order valence-electron chi connectivity index (χ4n) is 1.84. The standard InChI is InChI=1S/C14H18N2O2/c1-9(2)10-5-6-13(17-3)11(7-10)12-8-15-14(16-12)18-4/h5-9H,1-4H3,(H,15,16). The highest BCUT2D eigenvalue weighted by atomic mass is 16.5. The molecule has 0 aliphatic carbocycles. The molecule has 0 radical (unpaired) electrons. The first-order chi connectivity index (χ1) is 8.65. The van der Waals surface area contributed by atoms with Gasteiger partial charge < -0.3 is 14.5 Å². The molecule has 2 aromatic rings. The Hall–Kier alpha value is -1.97. The first-order valence-corrected chi connectivity index (χ1v) is 5.93. The largest absolute Gasteiger partial charge is 0.496 e. The Kier molecular flexibility index (Phi) is 3.55. The molecule has 4 nitrogen and oxygen atoms in total. The number of methoxy groups -OCH3 is 2. The van der Waals surface area contributed by atoms with Crippen LogP contribution in [0.5, 0.6) is 11.8 Å². The van der Waals surface area contributed by atoms with Crippen molar-refractivity contribution in [2.75, 3.05) is 14.2 Å². The number of aromatic amines is 1. The summed E-state index contributed by atoms with van der Waals surface area (Å²) in [6.07, 6.45) is 1.75. The van der Waals surface area contributed by atoms with Crippen LogP contribution in [0.25, 0.3) is 11.3 Å². The van der Waals surface area contributed by atoms with Crippen molar-refractivity contribution in [2.24, 2.45) is 0 Å². The Balaban J connectivity index is 2.49. The van der Waals surface area contributed by atoms with Gasteiger partial charge in [-0.25, -0.2) is 4.98 Å². The number of benzene rings is 1. The van der Waals surface area contributed by atoms with E-state index >= 15 is 0 Å². The molecule has 1 aromatic heterocycles. The molecule has 96 valence electrons. The summed E-state index contributed by atoms with van der Waals surface area (Å²) < 4.78 is 10.4. The van der Waals surface area contributed by atoms with Crippen LogP contribution < -0.4 is 9.47 Å². The fourth-order valence-corrected chi connectivity index (χ4v) is 1.84. The minimum atomic E-state index is 0.472. The monoisotopic (exact) mass is 246 g/mol. The second-order valence-electron chi connectivity index (χ2n) is 4.42. The molecule has 0 saturated heterocycles. The molecule has 0 bridgehead atoms. The van der Waals surface area contributed by atoms with Crippen molar-refractivity contribution in [3.63, 3.8) is 0 Å². The SMILES string of the molecule is COc1ncc(-c2cc(C(C)C)ccc2OC)[nH]1. The van der Waals surface area contributed by atoms with Crippen molar-refractivity contribution in [3.05, 3.63) is 30.0 Å². The van der Waals surface area contributed by atoms with Crippen molar-refractivity contribution in [1.82, 2.24) is 9.97 Å². The van der Waals surface area contributed by atoms with Crippen molar-refractivity contribution in [2.45, 2.75) is 19.8 Å². The summed E-state index contributed by atoms with van der Waals surface area (Å²) in [6.45, 7) is 4.33. The maximum atomic E-state index is 5.39. The summed E-state index contributed by atoms with van der Waals surface area (Å²) in [6, 6.07) is 6.69. The Morgan fingerprint density at radius 2 is 1.94 bits per heavy atom. The van der Waals surface area contributed by atoms with Gasteiger partial charge in [0.25, 0.3) is 6.01 Å². The van der Waals surface area contributed by atoms with Gasteiger partial charge >= 0.3 is 0 Å². The zero-order valence-electron chi connectivity index (χ0n) is 11.2. The van der Waals surface area contributed by atoms with Crippen molar-refractivity contribution < 1.29 is 9.47 Å². The van der Waals surface area contributed by atoms with E-state index in [1.165, 1.54) is 5.56 Å². The maximum absolute atomic E-state index is 5.39. The molecule has 4 heteroatoms. The second-order valence-corrected chi connectivity index (χ2v) is 4.42. The number of nitrogens with zero attached hydrogens (tertiary/aromatic N) is 1. The quantitative estimate of drug-likeness (QED) is 0.901. The predicted octanol–water partition coefficient (Wildman–Crippen LogP) is 3.22. The zero-order chi connectivity index (χ0) is 13.1. The van der Waals surface area contributed by atoms with Gasteiger partial charge in [-0.1, -0.05) is 19.9 Å². The smallest absolute Gasteiger partial charge is 0.293 e. The number of rotatable bonds is 4. The minimum absolute atomic E-state index is 0.472.